The van der Waals surface area contributed by atoms with Crippen LogP contribution in [0, 0.1) is 29.8 Å². The Hall–Kier alpha value is -2.43. The van der Waals surface area contributed by atoms with Crippen LogP contribution >= 0.6 is 0 Å². The number of halogens is 1. The lowest BCUT2D eigenvalue weighted by molar-refractivity contribution is -0.384. The van der Waals surface area contributed by atoms with Crippen LogP contribution in [-0.4, -0.2) is 4.92 Å². The highest BCUT2D eigenvalue weighted by atomic mass is 19.1. The topological polar surface area (TPSA) is 55.2 Å². The first-order valence-electron chi connectivity index (χ1n) is 6.22. The van der Waals surface area contributed by atoms with Crippen molar-refractivity contribution in [3.8, 4) is 0 Å². The molecule has 1 N–H and O–H groups in total. The maximum Gasteiger partial charge on any atom is 0.295 e. The summed E-state index contributed by atoms with van der Waals surface area (Å²) in [6.45, 7) is 4.26. The number of nitrogens with one attached hydrogen (secondary N) is 1. The van der Waals surface area contributed by atoms with Crippen LogP contribution in [-0.2, 0) is 6.54 Å². The molecule has 0 aliphatic carbocycles. The van der Waals surface area contributed by atoms with Crippen LogP contribution in [0.3, 0.4) is 0 Å². The molecule has 0 heterocycles. The number of hydrogen-bond acceptors (Lipinski definition) is 3. The van der Waals surface area contributed by atoms with Crippen LogP contribution in [0.4, 0.5) is 15.8 Å². The van der Waals surface area contributed by atoms with Crippen molar-refractivity contribution in [2.45, 2.75) is 20.4 Å². The lowest BCUT2D eigenvalue weighted by atomic mass is 10.0. The van der Waals surface area contributed by atoms with Gasteiger partial charge in [-0.3, -0.25) is 10.1 Å². The summed E-state index contributed by atoms with van der Waals surface area (Å²) in [4.78, 5) is 10.3. The van der Waals surface area contributed by atoms with Gasteiger partial charge in [-0.05, 0) is 36.6 Å². The van der Waals surface area contributed by atoms with E-state index in [4.69, 9.17) is 0 Å². The first-order valence-corrected chi connectivity index (χ1v) is 6.22. The minimum atomic E-state index is -0.620. The number of para-hydroxylation sites is 1. The molecule has 0 aliphatic rings. The third-order valence-electron chi connectivity index (χ3n) is 3.27. The summed E-state index contributed by atoms with van der Waals surface area (Å²) in [7, 11) is 0. The van der Waals surface area contributed by atoms with Crippen LogP contribution in [0.25, 0.3) is 0 Å². The number of rotatable bonds is 4. The molecular formula is C15H15FN2O2. The van der Waals surface area contributed by atoms with E-state index < -0.39 is 10.7 Å². The molecule has 2 aromatic carbocycles. The molecule has 0 saturated heterocycles. The van der Waals surface area contributed by atoms with Gasteiger partial charge in [0.15, 0.2) is 5.82 Å². The molecule has 0 amide bonds. The highest BCUT2D eigenvalue weighted by Crippen LogP contribution is 2.28. The highest BCUT2D eigenvalue weighted by Gasteiger charge is 2.17. The average molecular weight is 274 g/mol. The minimum absolute atomic E-state index is 0.0693. The van der Waals surface area contributed by atoms with Gasteiger partial charge in [-0.1, -0.05) is 24.3 Å². The first-order chi connectivity index (χ1) is 9.50. The van der Waals surface area contributed by atoms with Crippen molar-refractivity contribution < 1.29 is 9.31 Å². The molecule has 0 aliphatic heterocycles. The van der Waals surface area contributed by atoms with E-state index in [1.807, 2.05) is 32.0 Å². The summed E-state index contributed by atoms with van der Waals surface area (Å²) in [6, 6.07) is 9.69. The Labute approximate surface area is 116 Å². The summed E-state index contributed by atoms with van der Waals surface area (Å²) < 4.78 is 13.7. The van der Waals surface area contributed by atoms with Crippen LogP contribution in [0.5, 0.6) is 0 Å². The Bertz CT molecular complexity index is 636. The molecular weight excluding hydrogens is 259 g/mol. The van der Waals surface area contributed by atoms with Gasteiger partial charge in [-0.25, -0.2) is 4.39 Å². The van der Waals surface area contributed by atoms with Crippen LogP contribution in [0.1, 0.15) is 16.7 Å². The van der Waals surface area contributed by atoms with Gasteiger partial charge in [0.05, 0.1) is 4.92 Å². The van der Waals surface area contributed by atoms with Gasteiger partial charge in [0.2, 0.25) is 0 Å². The molecule has 0 saturated carbocycles. The lowest BCUT2D eigenvalue weighted by Gasteiger charge is -2.12. The number of anilines is 1. The largest absolute Gasteiger partial charge is 0.373 e. The fourth-order valence-corrected chi connectivity index (χ4v) is 2.14. The van der Waals surface area contributed by atoms with Crippen molar-refractivity contribution in [1.29, 1.82) is 0 Å². The molecule has 0 aromatic heterocycles. The van der Waals surface area contributed by atoms with Gasteiger partial charge < -0.3 is 5.32 Å². The first kappa shape index (κ1) is 14.0. The minimum Gasteiger partial charge on any atom is -0.373 e. The number of nitro benzene ring substituents is 1. The molecule has 20 heavy (non-hydrogen) atoms. The molecule has 0 fully saturated rings. The van der Waals surface area contributed by atoms with E-state index in [1.54, 1.807) is 0 Å². The summed E-state index contributed by atoms with van der Waals surface area (Å²) in [5, 5.41) is 13.8. The van der Waals surface area contributed by atoms with Gasteiger partial charge in [-0.15, -0.1) is 0 Å². The van der Waals surface area contributed by atoms with E-state index in [0.29, 0.717) is 6.54 Å². The molecule has 2 aromatic rings. The zero-order valence-corrected chi connectivity index (χ0v) is 11.3. The number of nitro groups is 1. The molecule has 104 valence electrons. The molecule has 0 unspecified atom stereocenters. The Balaban J connectivity index is 2.30. The van der Waals surface area contributed by atoms with Crippen LogP contribution in [0.2, 0.25) is 0 Å². The fourth-order valence-electron chi connectivity index (χ4n) is 2.14. The second-order valence-corrected chi connectivity index (χ2v) is 4.61. The van der Waals surface area contributed by atoms with E-state index in [2.05, 4.69) is 5.32 Å². The monoisotopic (exact) mass is 274 g/mol. The Kier molecular flexibility index (Phi) is 3.98. The molecule has 5 heteroatoms. The summed E-state index contributed by atoms with van der Waals surface area (Å²) >= 11 is 0. The maximum absolute atomic E-state index is 13.7. The third-order valence-corrected chi connectivity index (χ3v) is 3.27. The summed E-state index contributed by atoms with van der Waals surface area (Å²) in [6.07, 6.45) is 0. The SMILES string of the molecule is Cc1cccc(C)c1CNc1c(F)cccc1[N+](=O)[O-]. The van der Waals surface area contributed by atoms with Crippen molar-refractivity contribution in [2.75, 3.05) is 5.32 Å². The maximum atomic E-state index is 13.7. The zero-order valence-electron chi connectivity index (χ0n) is 11.3. The van der Waals surface area contributed by atoms with E-state index in [9.17, 15) is 14.5 Å². The molecule has 0 radical (unpaired) electrons. The number of benzene rings is 2. The van der Waals surface area contributed by atoms with Crippen LogP contribution < -0.4 is 5.32 Å². The second-order valence-electron chi connectivity index (χ2n) is 4.61. The van der Waals surface area contributed by atoms with Crippen molar-refractivity contribution in [3.63, 3.8) is 0 Å². The van der Waals surface area contributed by atoms with Gasteiger partial charge in [-0.2, -0.15) is 0 Å². The summed E-state index contributed by atoms with van der Waals surface area (Å²) in [5.41, 5.74) is 2.83. The predicted octanol–water partition coefficient (Wildman–Crippen LogP) is 3.96. The van der Waals surface area contributed by atoms with Crippen molar-refractivity contribution >= 4 is 11.4 Å². The van der Waals surface area contributed by atoms with Gasteiger partial charge >= 0.3 is 0 Å². The second kappa shape index (κ2) is 5.69. The van der Waals surface area contributed by atoms with Gasteiger partial charge in [0.25, 0.3) is 5.69 Å². The van der Waals surface area contributed by atoms with Crippen molar-refractivity contribution in [3.05, 3.63) is 69.0 Å². The number of hydrogen-bond donors (Lipinski definition) is 1. The molecule has 0 bridgehead atoms. The Morgan fingerprint density at radius 1 is 1.15 bits per heavy atom. The smallest absolute Gasteiger partial charge is 0.295 e. The van der Waals surface area contributed by atoms with E-state index in [-0.39, 0.29) is 11.4 Å². The van der Waals surface area contributed by atoms with Crippen LogP contribution in [0.15, 0.2) is 36.4 Å². The normalized spacial score (nSPS) is 10.3. The molecule has 0 atom stereocenters. The van der Waals surface area contributed by atoms with Gasteiger partial charge in [0, 0.05) is 12.6 Å². The quantitative estimate of drug-likeness (QED) is 0.678. The van der Waals surface area contributed by atoms with Crippen molar-refractivity contribution in [2.24, 2.45) is 0 Å². The van der Waals surface area contributed by atoms with E-state index in [1.165, 1.54) is 18.2 Å². The fraction of sp³-hybridized carbons (Fsp3) is 0.200. The highest BCUT2D eigenvalue weighted by molar-refractivity contribution is 5.62. The third kappa shape index (κ3) is 2.77. The molecule has 0 spiro atoms. The number of nitrogens with zero attached hydrogens (tertiary/aromatic N) is 1. The zero-order chi connectivity index (χ0) is 14.7. The standard InChI is InChI=1S/C15H15FN2O2/c1-10-5-3-6-11(2)12(10)9-17-15-13(16)7-4-8-14(15)18(19)20/h3-8,17H,9H2,1-2H3. The Morgan fingerprint density at radius 3 is 2.35 bits per heavy atom. The molecule has 2 rings (SSSR count). The van der Waals surface area contributed by atoms with Crippen molar-refractivity contribution in [1.82, 2.24) is 0 Å². The lowest BCUT2D eigenvalue weighted by Crippen LogP contribution is -2.07. The van der Waals surface area contributed by atoms with E-state index in [0.717, 1.165) is 16.7 Å². The average Bonchev–Trinajstić information content (AvgIpc) is 2.39. The Morgan fingerprint density at radius 2 is 1.75 bits per heavy atom. The van der Waals surface area contributed by atoms with Gasteiger partial charge in [0.1, 0.15) is 5.69 Å². The number of aryl methyl sites for hydroxylation is 2. The summed E-state index contributed by atoms with van der Waals surface area (Å²) in [5.74, 6) is -0.620. The van der Waals surface area contributed by atoms with E-state index >= 15 is 0 Å². The molecule has 4 nitrogen and oxygen atoms in total. The predicted molar refractivity (Wildman–Crippen MR) is 76.3 cm³/mol.